The molecule has 1 atom stereocenters. The fourth-order valence-electron chi connectivity index (χ4n) is 3.39. The number of hydrogen-bond acceptors (Lipinski definition) is 7. The number of aromatic nitrogens is 2. The molecule has 7 nitrogen and oxygen atoms in total. The van der Waals surface area contributed by atoms with E-state index in [0.717, 1.165) is 0 Å². The van der Waals surface area contributed by atoms with E-state index in [4.69, 9.17) is 16.0 Å². The number of rotatable bonds is 2. The van der Waals surface area contributed by atoms with Crippen molar-refractivity contribution in [2.45, 2.75) is 6.04 Å². The van der Waals surface area contributed by atoms with Crippen LogP contribution in [-0.4, -0.2) is 21.2 Å². The molecule has 0 spiro atoms. The van der Waals surface area contributed by atoms with Crippen molar-refractivity contribution >= 4 is 44.9 Å². The molecule has 0 saturated carbocycles. The van der Waals surface area contributed by atoms with Gasteiger partial charge in [-0.15, -0.1) is 10.2 Å². The van der Waals surface area contributed by atoms with E-state index < -0.39 is 11.9 Å². The van der Waals surface area contributed by atoms with Gasteiger partial charge in [-0.3, -0.25) is 14.5 Å². The Labute approximate surface area is 166 Å². The lowest BCUT2D eigenvalue weighted by Gasteiger charge is -2.22. The van der Waals surface area contributed by atoms with Gasteiger partial charge in [0.2, 0.25) is 10.9 Å². The number of hydrogen-bond donors (Lipinski definition) is 1. The van der Waals surface area contributed by atoms with Gasteiger partial charge < -0.3 is 9.52 Å². The standard InChI is InChI=1S/C19H10ClN3O4S/c20-10-3-6-13-12(7-10)16(25)14-15(9-1-4-11(24)5-2-9)23(18(26)17(14)27-13)19-22-21-8-28-19/h1-8,15,24H. The third-order valence-corrected chi connectivity index (χ3v) is 5.52. The quantitative estimate of drug-likeness (QED) is 0.539. The molecule has 0 aliphatic carbocycles. The Kier molecular flexibility index (Phi) is 3.71. The van der Waals surface area contributed by atoms with E-state index in [1.807, 2.05) is 0 Å². The molecule has 0 saturated heterocycles. The maximum atomic E-state index is 13.3. The molecule has 1 aliphatic heterocycles. The number of halogens is 1. The van der Waals surface area contributed by atoms with Gasteiger partial charge in [-0.2, -0.15) is 0 Å². The Hall–Kier alpha value is -3.23. The van der Waals surface area contributed by atoms with Gasteiger partial charge in [0.1, 0.15) is 16.8 Å². The van der Waals surface area contributed by atoms with E-state index in [1.54, 1.807) is 24.3 Å². The Morgan fingerprint density at radius 1 is 1.14 bits per heavy atom. The highest BCUT2D eigenvalue weighted by Crippen LogP contribution is 2.41. The number of carbonyl (C=O) groups is 1. The van der Waals surface area contributed by atoms with Crippen molar-refractivity contribution in [1.29, 1.82) is 0 Å². The molecule has 0 radical (unpaired) electrons. The fourth-order valence-corrected chi connectivity index (χ4v) is 4.14. The minimum absolute atomic E-state index is 0.0342. The summed E-state index contributed by atoms with van der Waals surface area (Å²) in [5.74, 6) is -0.431. The van der Waals surface area contributed by atoms with Crippen LogP contribution >= 0.6 is 22.9 Å². The molecule has 2 aromatic heterocycles. The lowest BCUT2D eigenvalue weighted by molar-refractivity contribution is 0.0970. The zero-order valence-electron chi connectivity index (χ0n) is 14.0. The van der Waals surface area contributed by atoms with E-state index in [-0.39, 0.29) is 28.1 Å². The number of fused-ring (bicyclic) bond motifs is 2. The molecule has 0 fully saturated rings. The second-order valence-corrected chi connectivity index (χ2v) is 7.45. The van der Waals surface area contributed by atoms with Crippen molar-refractivity contribution in [1.82, 2.24) is 10.2 Å². The monoisotopic (exact) mass is 411 g/mol. The van der Waals surface area contributed by atoms with Crippen molar-refractivity contribution in [2.24, 2.45) is 0 Å². The molecule has 5 rings (SSSR count). The SMILES string of the molecule is O=C1c2oc3ccc(Cl)cc3c(=O)c2C(c2ccc(O)cc2)N1c1nncs1. The van der Waals surface area contributed by atoms with Crippen LogP contribution in [0.25, 0.3) is 11.0 Å². The molecule has 1 aliphatic rings. The van der Waals surface area contributed by atoms with Crippen molar-refractivity contribution in [3.8, 4) is 5.75 Å². The van der Waals surface area contributed by atoms with E-state index in [9.17, 15) is 14.7 Å². The first-order valence-electron chi connectivity index (χ1n) is 8.19. The topological polar surface area (TPSA) is 96.5 Å². The van der Waals surface area contributed by atoms with Gasteiger partial charge in [0, 0.05) is 5.02 Å². The molecule has 0 bridgehead atoms. The zero-order valence-corrected chi connectivity index (χ0v) is 15.6. The van der Waals surface area contributed by atoms with Gasteiger partial charge in [-0.1, -0.05) is 35.1 Å². The average molecular weight is 412 g/mol. The maximum Gasteiger partial charge on any atom is 0.297 e. The Bertz CT molecular complexity index is 1290. The van der Waals surface area contributed by atoms with Crippen molar-refractivity contribution in [3.63, 3.8) is 0 Å². The summed E-state index contributed by atoms with van der Waals surface area (Å²) in [6.07, 6.45) is 0. The predicted molar refractivity (Wildman–Crippen MR) is 104 cm³/mol. The van der Waals surface area contributed by atoms with Crippen LogP contribution in [0, 0.1) is 0 Å². The molecular weight excluding hydrogens is 402 g/mol. The van der Waals surface area contributed by atoms with Crippen LogP contribution in [-0.2, 0) is 0 Å². The molecule has 3 heterocycles. The summed E-state index contributed by atoms with van der Waals surface area (Å²) in [6.45, 7) is 0. The smallest absolute Gasteiger partial charge is 0.297 e. The third-order valence-electron chi connectivity index (χ3n) is 4.60. The van der Waals surface area contributed by atoms with Crippen LogP contribution in [0.5, 0.6) is 5.75 Å². The van der Waals surface area contributed by atoms with Gasteiger partial charge in [0.15, 0.2) is 5.43 Å². The summed E-state index contributed by atoms with van der Waals surface area (Å²) < 4.78 is 5.81. The highest BCUT2D eigenvalue weighted by Gasteiger charge is 2.44. The summed E-state index contributed by atoms with van der Waals surface area (Å²) in [6, 6.07) is 10.2. The molecule has 4 aromatic rings. The van der Waals surface area contributed by atoms with Gasteiger partial charge >= 0.3 is 0 Å². The van der Waals surface area contributed by atoms with Gasteiger partial charge in [0.05, 0.1) is 17.0 Å². The number of anilines is 1. The molecule has 1 amide bonds. The van der Waals surface area contributed by atoms with Gasteiger partial charge in [-0.25, -0.2) is 0 Å². The lowest BCUT2D eigenvalue weighted by Crippen LogP contribution is -2.29. The van der Waals surface area contributed by atoms with E-state index in [0.29, 0.717) is 21.1 Å². The number of carbonyl (C=O) groups excluding carboxylic acids is 1. The fraction of sp³-hybridized carbons (Fsp3) is 0.0526. The van der Waals surface area contributed by atoms with Crippen LogP contribution < -0.4 is 10.3 Å². The number of nitrogens with zero attached hydrogens (tertiary/aromatic N) is 3. The normalized spacial score (nSPS) is 16.0. The Morgan fingerprint density at radius 3 is 2.64 bits per heavy atom. The summed E-state index contributed by atoms with van der Waals surface area (Å²) in [4.78, 5) is 27.9. The van der Waals surface area contributed by atoms with Crippen LogP contribution in [0.3, 0.4) is 0 Å². The second kappa shape index (κ2) is 6.15. The van der Waals surface area contributed by atoms with Crippen LogP contribution in [0.1, 0.15) is 27.7 Å². The molecule has 1 unspecified atom stereocenters. The molecule has 1 N–H and O–H groups in total. The minimum atomic E-state index is -0.754. The van der Waals surface area contributed by atoms with Crippen LogP contribution in [0.2, 0.25) is 5.02 Å². The summed E-state index contributed by atoms with van der Waals surface area (Å²) in [5, 5.41) is 18.5. The number of benzene rings is 2. The highest BCUT2D eigenvalue weighted by atomic mass is 35.5. The molecule has 2 aromatic carbocycles. The summed E-state index contributed by atoms with van der Waals surface area (Å²) in [7, 11) is 0. The maximum absolute atomic E-state index is 13.3. The Balaban J connectivity index is 1.83. The third kappa shape index (κ3) is 2.42. The van der Waals surface area contributed by atoms with E-state index >= 15 is 0 Å². The van der Waals surface area contributed by atoms with Gasteiger partial charge in [0.25, 0.3) is 5.91 Å². The first kappa shape index (κ1) is 16.9. The van der Waals surface area contributed by atoms with Crippen molar-refractivity contribution in [3.05, 3.63) is 80.1 Å². The van der Waals surface area contributed by atoms with Crippen molar-refractivity contribution < 1.29 is 14.3 Å². The van der Waals surface area contributed by atoms with Crippen LogP contribution in [0.15, 0.2) is 57.2 Å². The van der Waals surface area contributed by atoms with E-state index in [2.05, 4.69) is 10.2 Å². The number of amides is 1. The minimum Gasteiger partial charge on any atom is -0.508 e. The highest BCUT2D eigenvalue weighted by molar-refractivity contribution is 7.13. The molecule has 9 heteroatoms. The average Bonchev–Trinajstić information content (AvgIpc) is 3.30. The number of phenols is 1. The number of phenolic OH excluding ortho intramolecular Hbond substituents is 1. The number of aromatic hydroxyl groups is 1. The predicted octanol–water partition coefficient (Wildman–Crippen LogP) is 3.75. The summed E-state index contributed by atoms with van der Waals surface area (Å²) >= 11 is 7.23. The van der Waals surface area contributed by atoms with Crippen LogP contribution in [0.4, 0.5) is 5.13 Å². The zero-order chi connectivity index (χ0) is 19.4. The van der Waals surface area contributed by atoms with E-state index in [1.165, 1.54) is 39.9 Å². The summed E-state index contributed by atoms with van der Waals surface area (Å²) in [5.41, 5.74) is 2.29. The Morgan fingerprint density at radius 2 is 1.93 bits per heavy atom. The second-order valence-electron chi connectivity index (χ2n) is 6.20. The molecule has 138 valence electrons. The first-order chi connectivity index (χ1) is 13.5. The molecule has 28 heavy (non-hydrogen) atoms. The first-order valence-corrected chi connectivity index (χ1v) is 9.45. The lowest BCUT2D eigenvalue weighted by atomic mass is 9.98. The molecular formula is C19H10ClN3O4S. The van der Waals surface area contributed by atoms with Gasteiger partial charge in [-0.05, 0) is 35.9 Å². The van der Waals surface area contributed by atoms with Crippen molar-refractivity contribution in [2.75, 3.05) is 4.90 Å². The largest absolute Gasteiger partial charge is 0.508 e.